The third-order valence-corrected chi connectivity index (χ3v) is 4.03. The van der Waals surface area contributed by atoms with Crippen molar-refractivity contribution in [3.05, 3.63) is 56.7 Å². The van der Waals surface area contributed by atoms with Gasteiger partial charge in [0.15, 0.2) is 0 Å². The number of halogens is 2. The van der Waals surface area contributed by atoms with Crippen LogP contribution in [0, 0.1) is 0 Å². The molecule has 0 aliphatic rings. The maximum Gasteiger partial charge on any atom is 0.137 e. The summed E-state index contributed by atoms with van der Waals surface area (Å²) in [5.41, 5.74) is 4.79. The normalized spacial score (nSPS) is 12.2. The number of ether oxygens (including phenoxy) is 1. The molecule has 3 N–H and O–H groups in total. The Morgan fingerprint density at radius 1 is 1.30 bits per heavy atom. The summed E-state index contributed by atoms with van der Waals surface area (Å²) in [5.74, 6) is 6.46. The number of nitrogens with one attached hydrogen (secondary N) is 1. The van der Waals surface area contributed by atoms with E-state index in [9.17, 15) is 0 Å². The van der Waals surface area contributed by atoms with E-state index in [1.54, 1.807) is 12.4 Å². The van der Waals surface area contributed by atoms with Crippen molar-refractivity contribution in [1.29, 1.82) is 0 Å². The van der Waals surface area contributed by atoms with Crippen LogP contribution in [0.25, 0.3) is 0 Å². The number of hydrazine groups is 1. The number of rotatable bonds is 5. The smallest absolute Gasteiger partial charge is 0.137 e. The fourth-order valence-corrected chi connectivity index (χ4v) is 2.79. The van der Waals surface area contributed by atoms with Gasteiger partial charge >= 0.3 is 0 Å². The van der Waals surface area contributed by atoms with Crippen LogP contribution < -0.4 is 16.0 Å². The molecule has 2 rings (SSSR count). The third-order valence-electron chi connectivity index (χ3n) is 2.81. The zero-order chi connectivity index (χ0) is 14.5. The molecular weight excluding hydrogens is 386 g/mol. The highest BCUT2D eigenvalue weighted by atomic mass is 79.9. The van der Waals surface area contributed by atoms with Crippen molar-refractivity contribution in [1.82, 2.24) is 10.4 Å². The number of pyridine rings is 1. The molecule has 4 nitrogen and oxygen atoms in total. The van der Waals surface area contributed by atoms with Gasteiger partial charge in [-0.3, -0.25) is 10.8 Å². The van der Waals surface area contributed by atoms with Gasteiger partial charge in [0.2, 0.25) is 0 Å². The van der Waals surface area contributed by atoms with E-state index in [4.69, 9.17) is 10.6 Å². The molecule has 0 aliphatic heterocycles. The van der Waals surface area contributed by atoms with Crippen LogP contribution >= 0.6 is 31.9 Å². The van der Waals surface area contributed by atoms with Crippen molar-refractivity contribution in [3.63, 3.8) is 0 Å². The van der Waals surface area contributed by atoms with Gasteiger partial charge in [0.05, 0.1) is 18.8 Å². The quantitative estimate of drug-likeness (QED) is 0.595. The van der Waals surface area contributed by atoms with E-state index in [1.807, 2.05) is 31.2 Å². The van der Waals surface area contributed by atoms with Gasteiger partial charge in [-0.05, 0) is 42.3 Å². The van der Waals surface area contributed by atoms with E-state index in [1.165, 1.54) is 0 Å². The Hall–Kier alpha value is -0.950. The van der Waals surface area contributed by atoms with Crippen molar-refractivity contribution in [3.8, 4) is 5.75 Å². The van der Waals surface area contributed by atoms with Crippen molar-refractivity contribution >= 4 is 31.9 Å². The largest absolute Gasteiger partial charge is 0.492 e. The van der Waals surface area contributed by atoms with Gasteiger partial charge in [-0.15, -0.1) is 0 Å². The molecule has 1 aromatic heterocycles. The van der Waals surface area contributed by atoms with Gasteiger partial charge in [0, 0.05) is 15.1 Å². The van der Waals surface area contributed by atoms with Crippen LogP contribution in [0.4, 0.5) is 0 Å². The lowest BCUT2D eigenvalue weighted by molar-refractivity contribution is 0.338. The minimum absolute atomic E-state index is 0.171. The number of nitrogens with zero attached hydrogens (tertiary/aromatic N) is 1. The second kappa shape index (κ2) is 7.17. The van der Waals surface area contributed by atoms with E-state index >= 15 is 0 Å². The maximum atomic E-state index is 5.73. The summed E-state index contributed by atoms with van der Waals surface area (Å²) in [4.78, 5) is 4.20. The molecule has 6 heteroatoms. The summed E-state index contributed by atoms with van der Waals surface area (Å²) in [5, 5.41) is 0. The standard InChI is InChI=1S/C14H15Br2N3O/c1-2-20-11-5-9(7-18-8-11)14(19-17)12-6-10(15)3-4-13(12)16/h3-8,14,19H,2,17H2,1H3. The first-order valence-electron chi connectivity index (χ1n) is 6.14. The molecular formula is C14H15Br2N3O. The molecule has 1 unspecified atom stereocenters. The monoisotopic (exact) mass is 399 g/mol. The van der Waals surface area contributed by atoms with Gasteiger partial charge in [0.25, 0.3) is 0 Å². The Labute approximate surface area is 135 Å². The van der Waals surface area contributed by atoms with Gasteiger partial charge in [-0.1, -0.05) is 31.9 Å². The first kappa shape index (κ1) is 15.4. The average Bonchev–Trinajstić information content (AvgIpc) is 2.44. The van der Waals surface area contributed by atoms with E-state index < -0.39 is 0 Å². The molecule has 0 radical (unpaired) electrons. The molecule has 2 aromatic rings. The Morgan fingerprint density at radius 2 is 2.10 bits per heavy atom. The molecule has 0 fully saturated rings. The predicted octanol–water partition coefficient (Wildman–Crippen LogP) is 3.56. The van der Waals surface area contributed by atoms with Gasteiger partial charge < -0.3 is 4.74 Å². The number of aromatic nitrogens is 1. The lowest BCUT2D eigenvalue weighted by Gasteiger charge is -2.19. The number of hydrogen-bond acceptors (Lipinski definition) is 4. The second-order valence-electron chi connectivity index (χ2n) is 4.15. The van der Waals surface area contributed by atoms with Crippen LogP contribution in [0.2, 0.25) is 0 Å². The second-order valence-corrected chi connectivity index (χ2v) is 5.92. The Morgan fingerprint density at radius 3 is 2.80 bits per heavy atom. The third kappa shape index (κ3) is 3.58. The SMILES string of the molecule is CCOc1cncc(C(NN)c2cc(Br)ccc2Br)c1. The van der Waals surface area contributed by atoms with Gasteiger partial charge in [0.1, 0.15) is 5.75 Å². The highest BCUT2D eigenvalue weighted by Gasteiger charge is 2.17. The molecule has 1 aromatic carbocycles. The van der Waals surface area contributed by atoms with Crippen molar-refractivity contribution in [2.45, 2.75) is 13.0 Å². The molecule has 0 saturated heterocycles. The van der Waals surface area contributed by atoms with Crippen LogP contribution in [-0.4, -0.2) is 11.6 Å². The van der Waals surface area contributed by atoms with Crippen LogP contribution in [0.3, 0.4) is 0 Å². The Kier molecular flexibility index (Phi) is 5.54. The van der Waals surface area contributed by atoms with Crippen LogP contribution in [0.1, 0.15) is 24.1 Å². The van der Waals surface area contributed by atoms with Crippen molar-refractivity contribution < 1.29 is 4.74 Å². The molecule has 1 heterocycles. The summed E-state index contributed by atoms with van der Waals surface area (Å²) < 4.78 is 7.45. The predicted molar refractivity (Wildman–Crippen MR) is 86.4 cm³/mol. The number of hydrogen-bond donors (Lipinski definition) is 2. The summed E-state index contributed by atoms with van der Waals surface area (Å²) in [6, 6.07) is 7.73. The first-order valence-corrected chi connectivity index (χ1v) is 7.73. The Bertz CT molecular complexity index is 592. The van der Waals surface area contributed by atoms with Crippen LogP contribution in [0.5, 0.6) is 5.75 Å². The summed E-state index contributed by atoms with van der Waals surface area (Å²) in [6.45, 7) is 2.54. The minimum atomic E-state index is -0.171. The highest BCUT2D eigenvalue weighted by Crippen LogP contribution is 2.31. The van der Waals surface area contributed by atoms with Crippen LogP contribution in [-0.2, 0) is 0 Å². The molecule has 0 spiro atoms. The zero-order valence-corrected chi connectivity index (χ0v) is 14.1. The number of nitrogens with two attached hydrogens (primary N) is 1. The first-order chi connectivity index (χ1) is 9.65. The molecule has 20 heavy (non-hydrogen) atoms. The summed E-state index contributed by atoms with van der Waals surface area (Å²) in [7, 11) is 0. The average molecular weight is 401 g/mol. The molecule has 1 atom stereocenters. The number of benzene rings is 1. The molecule has 0 aliphatic carbocycles. The molecule has 0 amide bonds. The van der Waals surface area contributed by atoms with E-state index in [0.717, 1.165) is 25.8 Å². The van der Waals surface area contributed by atoms with Crippen LogP contribution in [0.15, 0.2) is 45.6 Å². The van der Waals surface area contributed by atoms with E-state index in [2.05, 4.69) is 42.3 Å². The maximum absolute atomic E-state index is 5.73. The lowest BCUT2D eigenvalue weighted by Crippen LogP contribution is -2.29. The van der Waals surface area contributed by atoms with E-state index in [0.29, 0.717) is 6.61 Å². The fourth-order valence-electron chi connectivity index (χ4n) is 1.94. The lowest BCUT2D eigenvalue weighted by atomic mass is 10.0. The van der Waals surface area contributed by atoms with E-state index in [-0.39, 0.29) is 6.04 Å². The highest BCUT2D eigenvalue weighted by molar-refractivity contribution is 9.11. The zero-order valence-electron chi connectivity index (χ0n) is 10.9. The topological polar surface area (TPSA) is 60.2 Å². The molecule has 0 saturated carbocycles. The van der Waals surface area contributed by atoms with Crippen molar-refractivity contribution in [2.24, 2.45) is 5.84 Å². The van der Waals surface area contributed by atoms with Gasteiger partial charge in [-0.2, -0.15) is 0 Å². The van der Waals surface area contributed by atoms with Gasteiger partial charge in [-0.25, -0.2) is 5.43 Å². The summed E-state index contributed by atoms with van der Waals surface area (Å²) >= 11 is 7.03. The summed E-state index contributed by atoms with van der Waals surface area (Å²) in [6.07, 6.45) is 3.47. The molecule has 0 bridgehead atoms. The minimum Gasteiger partial charge on any atom is -0.492 e. The van der Waals surface area contributed by atoms with Crippen molar-refractivity contribution in [2.75, 3.05) is 6.61 Å². The Balaban J connectivity index is 2.41. The fraction of sp³-hybridized carbons (Fsp3) is 0.214. The molecule has 106 valence electrons.